The normalized spacial score (nSPS) is 18.6. The van der Waals surface area contributed by atoms with Crippen molar-refractivity contribution >= 4 is 11.8 Å². The predicted octanol–water partition coefficient (Wildman–Crippen LogP) is 2.45. The average molecular weight is 350 g/mol. The fraction of sp³-hybridized carbons (Fsp3) is 0.579. The largest absolute Gasteiger partial charge is 0.372 e. The number of carbonyl (C=O) groups is 2. The van der Waals surface area contributed by atoms with Crippen LogP contribution in [0.4, 0.5) is 4.39 Å². The minimum absolute atomic E-state index is 0.0229. The first kappa shape index (κ1) is 19.4. The molecule has 0 radical (unpaired) electrons. The van der Waals surface area contributed by atoms with Crippen molar-refractivity contribution in [3.05, 3.63) is 35.6 Å². The molecule has 2 rings (SSSR count). The Bertz CT molecular complexity index is 589. The van der Waals surface area contributed by atoms with Crippen LogP contribution in [0.3, 0.4) is 0 Å². The van der Waals surface area contributed by atoms with Crippen LogP contribution in [-0.4, -0.2) is 54.0 Å². The van der Waals surface area contributed by atoms with Gasteiger partial charge in [0.1, 0.15) is 12.4 Å². The van der Waals surface area contributed by atoms with Gasteiger partial charge in [-0.15, -0.1) is 0 Å². The van der Waals surface area contributed by atoms with Gasteiger partial charge in [0.05, 0.1) is 6.04 Å². The molecule has 0 spiro atoms. The summed E-state index contributed by atoms with van der Waals surface area (Å²) in [5.41, 5.74) is 0.884. The van der Waals surface area contributed by atoms with Gasteiger partial charge in [-0.3, -0.25) is 9.59 Å². The van der Waals surface area contributed by atoms with Crippen LogP contribution < -0.4 is 0 Å². The molecular weight excluding hydrogens is 323 g/mol. The molecule has 0 aromatic heterocycles. The van der Waals surface area contributed by atoms with Crippen LogP contribution in [0.15, 0.2) is 24.3 Å². The standard InChI is InChI=1S/C19H27FN2O3/c1-4-25-13-19(24)21-10-9-18(23)22(17(12-21)14(2)3)11-15-5-7-16(20)8-6-15/h5-8,14,17H,4,9-13H2,1-3H3/t17-/m1/s1. The molecule has 1 aromatic rings. The third kappa shape index (κ3) is 5.26. The summed E-state index contributed by atoms with van der Waals surface area (Å²) < 4.78 is 18.3. The third-order valence-corrected chi connectivity index (χ3v) is 4.54. The van der Waals surface area contributed by atoms with E-state index in [2.05, 4.69) is 0 Å². The second-order valence-corrected chi connectivity index (χ2v) is 6.69. The quantitative estimate of drug-likeness (QED) is 0.792. The van der Waals surface area contributed by atoms with E-state index >= 15 is 0 Å². The molecule has 1 saturated heterocycles. The van der Waals surface area contributed by atoms with Crippen molar-refractivity contribution < 1.29 is 18.7 Å². The maximum Gasteiger partial charge on any atom is 0.248 e. The summed E-state index contributed by atoms with van der Waals surface area (Å²) >= 11 is 0. The van der Waals surface area contributed by atoms with E-state index < -0.39 is 0 Å². The highest BCUT2D eigenvalue weighted by Crippen LogP contribution is 2.21. The zero-order valence-electron chi connectivity index (χ0n) is 15.2. The van der Waals surface area contributed by atoms with Gasteiger partial charge in [0.2, 0.25) is 11.8 Å². The molecule has 0 N–H and O–H groups in total. The topological polar surface area (TPSA) is 49.9 Å². The number of benzene rings is 1. The molecule has 2 amide bonds. The fourth-order valence-corrected chi connectivity index (χ4v) is 3.04. The summed E-state index contributed by atoms with van der Waals surface area (Å²) in [6.45, 7) is 7.81. The molecule has 0 bridgehead atoms. The Morgan fingerprint density at radius 1 is 1.32 bits per heavy atom. The Kier molecular flexibility index (Phi) is 6.93. The molecule has 0 saturated carbocycles. The molecule has 6 heteroatoms. The number of halogens is 1. The average Bonchev–Trinajstić information content (AvgIpc) is 2.75. The van der Waals surface area contributed by atoms with Gasteiger partial charge in [-0.1, -0.05) is 26.0 Å². The van der Waals surface area contributed by atoms with E-state index in [9.17, 15) is 14.0 Å². The van der Waals surface area contributed by atoms with Gasteiger partial charge in [0.25, 0.3) is 0 Å². The van der Waals surface area contributed by atoms with E-state index in [0.29, 0.717) is 32.7 Å². The zero-order valence-corrected chi connectivity index (χ0v) is 15.2. The highest BCUT2D eigenvalue weighted by molar-refractivity contribution is 5.81. The summed E-state index contributed by atoms with van der Waals surface area (Å²) in [5, 5.41) is 0. The lowest BCUT2D eigenvalue weighted by Gasteiger charge is -2.34. The number of hydrogen-bond donors (Lipinski definition) is 0. The lowest BCUT2D eigenvalue weighted by atomic mass is 10.0. The Morgan fingerprint density at radius 2 is 2.00 bits per heavy atom. The molecule has 1 aliphatic heterocycles. The molecule has 138 valence electrons. The Hall–Kier alpha value is -1.95. The van der Waals surface area contributed by atoms with Gasteiger partial charge in [0, 0.05) is 32.7 Å². The lowest BCUT2D eigenvalue weighted by Crippen LogP contribution is -2.47. The van der Waals surface area contributed by atoms with E-state index in [-0.39, 0.29) is 36.2 Å². The molecule has 1 heterocycles. The van der Waals surface area contributed by atoms with E-state index in [1.807, 2.05) is 25.7 Å². The third-order valence-electron chi connectivity index (χ3n) is 4.54. The maximum atomic E-state index is 13.1. The van der Waals surface area contributed by atoms with Gasteiger partial charge in [-0.05, 0) is 30.5 Å². The van der Waals surface area contributed by atoms with Crippen molar-refractivity contribution in [2.24, 2.45) is 5.92 Å². The number of rotatable bonds is 6. The van der Waals surface area contributed by atoms with E-state index in [1.54, 1.807) is 17.0 Å². The van der Waals surface area contributed by atoms with Crippen molar-refractivity contribution in [2.75, 3.05) is 26.3 Å². The van der Waals surface area contributed by atoms with Crippen LogP contribution >= 0.6 is 0 Å². The molecule has 1 fully saturated rings. The summed E-state index contributed by atoms with van der Waals surface area (Å²) in [7, 11) is 0. The van der Waals surface area contributed by atoms with Crippen LogP contribution in [0, 0.1) is 11.7 Å². The van der Waals surface area contributed by atoms with Crippen LogP contribution in [-0.2, 0) is 20.9 Å². The van der Waals surface area contributed by atoms with Gasteiger partial charge in [-0.25, -0.2) is 4.39 Å². The van der Waals surface area contributed by atoms with Gasteiger partial charge >= 0.3 is 0 Å². The van der Waals surface area contributed by atoms with E-state index in [4.69, 9.17) is 4.74 Å². The van der Waals surface area contributed by atoms with Crippen molar-refractivity contribution in [2.45, 2.75) is 39.8 Å². The van der Waals surface area contributed by atoms with Crippen molar-refractivity contribution in [3.8, 4) is 0 Å². The van der Waals surface area contributed by atoms with Crippen LogP contribution in [0.1, 0.15) is 32.8 Å². The Balaban J connectivity index is 2.15. The maximum absolute atomic E-state index is 13.1. The second-order valence-electron chi connectivity index (χ2n) is 6.69. The number of ether oxygens (including phenoxy) is 1. The van der Waals surface area contributed by atoms with E-state index in [1.165, 1.54) is 12.1 Å². The second kappa shape index (κ2) is 8.94. The molecule has 1 aliphatic rings. The zero-order chi connectivity index (χ0) is 18.4. The highest BCUT2D eigenvalue weighted by atomic mass is 19.1. The number of amides is 2. The first-order valence-electron chi connectivity index (χ1n) is 8.81. The summed E-state index contributed by atoms with van der Waals surface area (Å²) in [4.78, 5) is 28.5. The molecule has 25 heavy (non-hydrogen) atoms. The van der Waals surface area contributed by atoms with Crippen molar-refractivity contribution in [3.63, 3.8) is 0 Å². The smallest absolute Gasteiger partial charge is 0.248 e. The van der Waals surface area contributed by atoms with Crippen molar-refractivity contribution in [1.82, 2.24) is 9.80 Å². The van der Waals surface area contributed by atoms with Crippen LogP contribution in [0.2, 0.25) is 0 Å². The van der Waals surface area contributed by atoms with Gasteiger partial charge < -0.3 is 14.5 Å². The first-order valence-corrected chi connectivity index (χ1v) is 8.81. The number of nitrogens with zero attached hydrogens (tertiary/aromatic N) is 2. The Morgan fingerprint density at radius 3 is 2.60 bits per heavy atom. The summed E-state index contributed by atoms with van der Waals surface area (Å²) in [6, 6.07) is 6.12. The molecule has 1 aromatic carbocycles. The van der Waals surface area contributed by atoms with Gasteiger partial charge in [0.15, 0.2) is 0 Å². The monoisotopic (exact) mass is 350 g/mol. The summed E-state index contributed by atoms with van der Waals surface area (Å²) in [6.07, 6.45) is 0.294. The Labute approximate surface area is 148 Å². The molecule has 1 atom stereocenters. The first-order chi connectivity index (χ1) is 11.9. The number of hydrogen-bond acceptors (Lipinski definition) is 3. The fourth-order valence-electron chi connectivity index (χ4n) is 3.04. The number of carbonyl (C=O) groups excluding carboxylic acids is 2. The minimum Gasteiger partial charge on any atom is -0.372 e. The summed E-state index contributed by atoms with van der Waals surface area (Å²) in [5.74, 6) is -0.150. The molecule has 5 nitrogen and oxygen atoms in total. The molecule has 0 aliphatic carbocycles. The lowest BCUT2D eigenvalue weighted by molar-refractivity contribution is -0.137. The minimum atomic E-state index is -0.293. The van der Waals surface area contributed by atoms with Gasteiger partial charge in [-0.2, -0.15) is 0 Å². The SMILES string of the molecule is CCOCC(=O)N1CCC(=O)N(Cc2ccc(F)cc2)[C@@H](C(C)C)C1. The van der Waals surface area contributed by atoms with Crippen LogP contribution in [0.25, 0.3) is 0 Å². The molecular formula is C19H27FN2O3. The van der Waals surface area contributed by atoms with Crippen LogP contribution in [0.5, 0.6) is 0 Å². The van der Waals surface area contributed by atoms with Crippen molar-refractivity contribution in [1.29, 1.82) is 0 Å². The van der Waals surface area contributed by atoms with E-state index in [0.717, 1.165) is 5.56 Å². The highest BCUT2D eigenvalue weighted by Gasteiger charge is 2.33. The predicted molar refractivity (Wildman–Crippen MR) is 93.3 cm³/mol. The molecule has 0 unspecified atom stereocenters.